The van der Waals surface area contributed by atoms with Gasteiger partial charge in [0.15, 0.2) is 0 Å². The third-order valence-corrected chi connectivity index (χ3v) is 6.45. The van der Waals surface area contributed by atoms with Gasteiger partial charge in [0, 0.05) is 16.0 Å². The van der Waals surface area contributed by atoms with Crippen LogP contribution in [0.4, 0.5) is 5.69 Å². The van der Waals surface area contributed by atoms with Crippen molar-refractivity contribution in [1.29, 1.82) is 0 Å². The Morgan fingerprint density at radius 3 is 2.21 bits per heavy atom. The van der Waals surface area contributed by atoms with E-state index in [1.54, 1.807) is 17.0 Å². The highest BCUT2D eigenvalue weighted by Crippen LogP contribution is 2.33. The van der Waals surface area contributed by atoms with Gasteiger partial charge in [-0.05, 0) is 65.1 Å². The quantitative estimate of drug-likeness (QED) is 0.329. The van der Waals surface area contributed by atoms with Crippen LogP contribution in [0.25, 0.3) is 0 Å². The number of nitrogens with zero attached hydrogens (tertiary/aromatic N) is 2. The Morgan fingerprint density at radius 1 is 1.07 bits per heavy atom. The Kier molecular flexibility index (Phi) is 7.02. The van der Waals surface area contributed by atoms with Crippen LogP contribution in [0.2, 0.25) is 0 Å². The Bertz CT molecular complexity index is 761. The first-order valence-electron chi connectivity index (χ1n) is 10.6. The van der Waals surface area contributed by atoms with E-state index in [1.165, 1.54) is 17.7 Å². The third kappa shape index (κ3) is 5.38. The van der Waals surface area contributed by atoms with Crippen molar-refractivity contribution < 1.29 is 14.4 Å². The second-order valence-corrected chi connectivity index (χ2v) is 10.7. The zero-order valence-corrected chi connectivity index (χ0v) is 19.8. The molecule has 1 unspecified atom stereocenters. The number of carbonyl (C=O) groups excluding carboxylic acids is 3. The summed E-state index contributed by atoms with van der Waals surface area (Å²) >= 11 is 2.20. The first-order chi connectivity index (χ1) is 13.7. The van der Waals surface area contributed by atoms with Crippen LogP contribution in [0, 0.1) is 8.99 Å². The molecule has 1 atom stereocenters. The summed E-state index contributed by atoms with van der Waals surface area (Å²) in [6, 6.07) is 6.74. The lowest BCUT2D eigenvalue weighted by atomic mass is 9.90. The fraction of sp³-hybridized carbons (Fsp3) is 0.609. The van der Waals surface area contributed by atoms with Gasteiger partial charge in [-0.1, -0.05) is 46.5 Å². The van der Waals surface area contributed by atoms with Gasteiger partial charge in [-0.15, -0.1) is 0 Å². The summed E-state index contributed by atoms with van der Waals surface area (Å²) < 4.78 is 1.04. The maximum absolute atomic E-state index is 13.4. The van der Waals surface area contributed by atoms with Gasteiger partial charge in [-0.2, -0.15) is 0 Å². The number of carbonyl (C=O) groups is 3. The highest BCUT2D eigenvalue weighted by molar-refractivity contribution is 14.1. The molecule has 0 radical (unpaired) electrons. The molecule has 1 heterocycles. The van der Waals surface area contributed by atoms with Crippen LogP contribution in [0.15, 0.2) is 24.3 Å². The van der Waals surface area contributed by atoms with Crippen LogP contribution in [0.1, 0.15) is 72.1 Å². The molecule has 1 aliphatic heterocycles. The molecule has 29 heavy (non-hydrogen) atoms. The molecule has 1 aromatic rings. The lowest BCUT2D eigenvalue weighted by molar-refractivity contribution is -0.143. The van der Waals surface area contributed by atoms with E-state index in [4.69, 9.17) is 0 Å². The predicted octanol–water partition coefficient (Wildman–Crippen LogP) is 4.91. The molecular weight excluding hydrogens is 479 g/mol. The third-order valence-electron chi connectivity index (χ3n) is 5.73. The van der Waals surface area contributed by atoms with Crippen LogP contribution < -0.4 is 4.90 Å². The summed E-state index contributed by atoms with van der Waals surface area (Å²) in [7, 11) is 0. The van der Waals surface area contributed by atoms with Gasteiger partial charge in [0.25, 0.3) is 5.91 Å². The van der Waals surface area contributed by atoms with E-state index in [-0.39, 0.29) is 35.6 Å². The molecule has 158 valence electrons. The summed E-state index contributed by atoms with van der Waals surface area (Å²) in [5, 5.41) is 0. The van der Waals surface area contributed by atoms with E-state index in [0.29, 0.717) is 12.1 Å². The molecule has 3 rings (SSSR count). The summed E-state index contributed by atoms with van der Waals surface area (Å²) in [6.07, 6.45) is 6.77. The lowest BCUT2D eigenvalue weighted by Crippen LogP contribution is -2.51. The zero-order valence-electron chi connectivity index (χ0n) is 17.6. The number of hydrogen-bond acceptors (Lipinski definition) is 3. The van der Waals surface area contributed by atoms with Crippen LogP contribution in [-0.4, -0.2) is 34.7 Å². The molecule has 1 aliphatic carbocycles. The number of halogens is 1. The van der Waals surface area contributed by atoms with Gasteiger partial charge >= 0.3 is 0 Å². The maximum atomic E-state index is 13.4. The Labute approximate surface area is 187 Å². The molecule has 0 N–H and O–H groups in total. The van der Waals surface area contributed by atoms with Crippen LogP contribution >= 0.6 is 22.6 Å². The van der Waals surface area contributed by atoms with Crippen molar-refractivity contribution in [3.05, 3.63) is 27.8 Å². The summed E-state index contributed by atoms with van der Waals surface area (Å²) in [4.78, 5) is 42.6. The molecule has 0 spiro atoms. The number of rotatable bonds is 4. The molecule has 0 aromatic heterocycles. The van der Waals surface area contributed by atoms with Gasteiger partial charge in [-0.3, -0.25) is 14.4 Å². The first kappa shape index (κ1) is 22.2. The minimum absolute atomic E-state index is 0.00000937. The Hall–Kier alpha value is -1.44. The SMILES string of the molecule is CC(C)(C)CC(=O)N(C1CCCCCC1)C1CC(=O)N(c2ccc(I)cc2)C1=O. The van der Waals surface area contributed by atoms with Gasteiger partial charge in [-0.25, -0.2) is 4.90 Å². The van der Waals surface area contributed by atoms with Crippen LogP contribution in [-0.2, 0) is 14.4 Å². The number of anilines is 1. The van der Waals surface area contributed by atoms with Gasteiger partial charge in [0.05, 0.1) is 12.1 Å². The largest absolute Gasteiger partial charge is 0.327 e. The maximum Gasteiger partial charge on any atom is 0.257 e. The predicted molar refractivity (Wildman–Crippen MR) is 122 cm³/mol. The average Bonchev–Trinajstić information content (AvgIpc) is 2.80. The highest BCUT2D eigenvalue weighted by Gasteiger charge is 2.46. The van der Waals surface area contributed by atoms with E-state index in [1.807, 2.05) is 32.9 Å². The smallest absolute Gasteiger partial charge is 0.257 e. The molecule has 3 amide bonds. The lowest BCUT2D eigenvalue weighted by Gasteiger charge is -2.36. The number of hydrogen-bond donors (Lipinski definition) is 0. The molecular formula is C23H31IN2O3. The van der Waals surface area contributed by atoms with E-state index in [9.17, 15) is 14.4 Å². The van der Waals surface area contributed by atoms with Crippen LogP contribution in [0.3, 0.4) is 0 Å². The molecule has 5 nitrogen and oxygen atoms in total. The Balaban J connectivity index is 1.90. The van der Waals surface area contributed by atoms with E-state index in [0.717, 1.165) is 29.3 Å². The Morgan fingerprint density at radius 2 is 1.66 bits per heavy atom. The topological polar surface area (TPSA) is 57.7 Å². The van der Waals surface area contributed by atoms with E-state index < -0.39 is 6.04 Å². The summed E-state index contributed by atoms with van der Waals surface area (Å²) in [5.41, 5.74) is 0.425. The van der Waals surface area contributed by atoms with E-state index in [2.05, 4.69) is 22.6 Å². The minimum Gasteiger partial charge on any atom is -0.327 e. The summed E-state index contributed by atoms with van der Waals surface area (Å²) in [6.45, 7) is 6.11. The number of benzene rings is 1. The fourth-order valence-corrected chi connectivity index (χ4v) is 4.77. The van der Waals surface area contributed by atoms with Crippen molar-refractivity contribution in [3.63, 3.8) is 0 Å². The van der Waals surface area contributed by atoms with Crippen molar-refractivity contribution in [3.8, 4) is 0 Å². The van der Waals surface area contributed by atoms with E-state index >= 15 is 0 Å². The molecule has 1 saturated carbocycles. The fourth-order valence-electron chi connectivity index (χ4n) is 4.41. The van der Waals surface area contributed by atoms with Crippen molar-refractivity contribution >= 4 is 46.0 Å². The molecule has 2 aliphatic rings. The van der Waals surface area contributed by atoms with Gasteiger partial charge < -0.3 is 4.90 Å². The van der Waals surface area contributed by atoms with Crippen molar-refractivity contribution in [2.45, 2.75) is 84.2 Å². The number of imide groups is 1. The second kappa shape index (κ2) is 9.14. The highest BCUT2D eigenvalue weighted by atomic mass is 127. The van der Waals surface area contributed by atoms with Crippen LogP contribution in [0.5, 0.6) is 0 Å². The normalized spacial score (nSPS) is 21.4. The molecule has 1 aromatic carbocycles. The average molecular weight is 510 g/mol. The second-order valence-electron chi connectivity index (χ2n) is 9.45. The first-order valence-corrected chi connectivity index (χ1v) is 11.7. The van der Waals surface area contributed by atoms with Crippen molar-refractivity contribution in [2.24, 2.45) is 5.41 Å². The van der Waals surface area contributed by atoms with Gasteiger partial charge in [0.1, 0.15) is 6.04 Å². The minimum atomic E-state index is -0.681. The molecule has 0 bridgehead atoms. The molecule has 2 fully saturated rings. The monoisotopic (exact) mass is 510 g/mol. The zero-order chi connectivity index (χ0) is 21.2. The van der Waals surface area contributed by atoms with Crippen molar-refractivity contribution in [2.75, 3.05) is 4.90 Å². The standard InChI is InChI=1S/C23H31IN2O3/c1-23(2,3)15-21(28)25(17-8-6-4-5-7-9-17)19-14-20(27)26(22(19)29)18-12-10-16(24)11-13-18/h10-13,17,19H,4-9,14-15H2,1-3H3. The van der Waals surface area contributed by atoms with Gasteiger partial charge in [0.2, 0.25) is 11.8 Å². The molecule has 6 heteroatoms. The summed E-state index contributed by atoms with van der Waals surface area (Å²) in [5.74, 6) is -0.480. The molecule has 1 saturated heterocycles. The van der Waals surface area contributed by atoms with Crippen molar-refractivity contribution in [1.82, 2.24) is 4.90 Å². The number of amides is 3.